The second kappa shape index (κ2) is 4.69. The van der Waals surface area contributed by atoms with Crippen LogP contribution in [0.4, 0.5) is 0 Å². The van der Waals surface area contributed by atoms with Gasteiger partial charge in [0.25, 0.3) is 0 Å². The van der Waals surface area contributed by atoms with Gasteiger partial charge in [-0.1, -0.05) is 12.1 Å². The van der Waals surface area contributed by atoms with E-state index < -0.39 is 0 Å². The van der Waals surface area contributed by atoms with Crippen LogP contribution in [0.5, 0.6) is 0 Å². The van der Waals surface area contributed by atoms with Crippen LogP contribution in [0, 0.1) is 0 Å². The molecule has 0 radical (unpaired) electrons. The van der Waals surface area contributed by atoms with Gasteiger partial charge < -0.3 is 4.84 Å². The Bertz CT molecular complexity index is 446. The van der Waals surface area contributed by atoms with E-state index in [1.54, 1.807) is 0 Å². The molecule has 0 saturated carbocycles. The lowest BCUT2D eigenvalue weighted by molar-refractivity contribution is -0.0674. The van der Waals surface area contributed by atoms with E-state index in [1.807, 2.05) is 24.5 Å². The molecule has 0 bridgehead atoms. The van der Waals surface area contributed by atoms with E-state index in [0.717, 1.165) is 37.2 Å². The first-order valence-corrected chi connectivity index (χ1v) is 6.69. The van der Waals surface area contributed by atoms with Crippen molar-refractivity contribution in [2.45, 2.75) is 31.8 Å². The average Bonchev–Trinajstić information content (AvgIpc) is 2.83. The summed E-state index contributed by atoms with van der Waals surface area (Å²) in [6.45, 7) is 5.49. The molecule has 3 heterocycles. The first-order valence-electron chi connectivity index (χ1n) is 6.69. The second-order valence-corrected chi connectivity index (χ2v) is 5.20. The Balaban J connectivity index is 1.73. The van der Waals surface area contributed by atoms with Crippen LogP contribution in [0.2, 0.25) is 0 Å². The van der Waals surface area contributed by atoms with Crippen molar-refractivity contribution in [1.82, 2.24) is 9.88 Å². The zero-order valence-corrected chi connectivity index (χ0v) is 10.8. The molecule has 1 spiro atoms. The topological polar surface area (TPSA) is 37.7 Å². The maximum absolute atomic E-state index is 5.81. The van der Waals surface area contributed by atoms with Gasteiger partial charge in [-0.25, -0.2) is 0 Å². The van der Waals surface area contributed by atoms with E-state index in [9.17, 15) is 0 Å². The highest BCUT2D eigenvalue weighted by Crippen LogP contribution is 2.34. The number of oxime groups is 1. The highest BCUT2D eigenvalue weighted by molar-refractivity contribution is 6.01. The molecule has 1 fully saturated rings. The van der Waals surface area contributed by atoms with Crippen molar-refractivity contribution in [3.8, 4) is 0 Å². The monoisotopic (exact) mass is 245 g/mol. The number of likely N-dealkylation sites (N-methyl/N-ethyl adjacent to an activating group) is 1. The van der Waals surface area contributed by atoms with Gasteiger partial charge in [-0.15, -0.1) is 0 Å². The van der Waals surface area contributed by atoms with Gasteiger partial charge in [-0.05, 0) is 38.1 Å². The van der Waals surface area contributed by atoms with Crippen molar-refractivity contribution in [3.63, 3.8) is 0 Å². The smallest absolute Gasteiger partial charge is 0.156 e. The third-order valence-electron chi connectivity index (χ3n) is 3.92. The van der Waals surface area contributed by atoms with Crippen molar-refractivity contribution in [2.24, 2.45) is 5.16 Å². The summed E-state index contributed by atoms with van der Waals surface area (Å²) in [5, 5.41) is 4.31. The molecule has 4 heteroatoms. The molecule has 3 rings (SSSR count). The minimum absolute atomic E-state index is 0.0765. The first kappa shape index (κ1) is 11.7. The van der Waals surface area contributed by atoms with Crippen molar-refractivity contribution in [2.75, 3.05) is 19.6 Å². The van der Waals surface area contributed by atoms with Crippen LogP contribution in [-0.2, 0) is 4.84 Å². The summed E-state index contributed by atoms with van der Waals surface area (Å²) in [6.07, 6.45) is 6.85. The number of aromatic nitrogens is 1. The molecule has 1 atom stereocenters. The number of likely N-dealkylation sites (tertiary alicyclic amines) is 1. The minimum Gasteiger partial charge on any atom is -0.387 e. The molecule has 2 aliphatic heterocycles. The third-order valence-corrected chi connectivity index (χ3v) is 3.92. The van der Waals surface area contributed by atoms with Gasteiger partial charge in [0.2, 0.25) is 0 Å². The van der Waals surface area contributed by atoms with E-state index in [2.05, 4.69) is 22.0 Å². The van der Waals surface area contributed by atoms with Crippen LogP contribution in [0.1, 0.15) is 31.7 Å². The number of rotatable bonds is 2. The standard InChI is InChI=1S/C14H19N3O/c1-2-17-9-3-6-14(11-17)10-13(16-18-14)12-4-7-15-8-5-12/h4-5,7-8H,2-3,6,9-11H2,1H3. The molecule has 96 valence electrons. The van der Waals surface area contributed by atoms with E-state index in [-0.39, 0.29) is 5.60 Å². The zero-order valence-electron chi connectivity index (χ0n) is 10.8. The summed E-state index contributed by atoms with van der Waals surface area (Å²) in [6, 6.07) is 4.00. The van der Waals surface area contributed by atoms with Crippen LogP contribution in [-0.4, -0.2) is 40.8 Å². The summed E-state index contributed by atoms with van der Waals surface area (Å²) in [4.78, 5) is 12.3. The number of nitrogens with zero attached hydrogens (tertiary/aromatic N) is 3. The van der Waals surface area contributed by atoms with Crippen LogP contribution < -0.4 is 0 Å². The Hall–Kier alpha value is -1.42. The van der Waals surface area contributed by atoms with Crippen molar-refractivity contribution < 1.29 is 4.84 Å². The summed E-state index contributed by atoms with van der Waals surface area (Å²) in [5.41, 5.74) is 2.12. The zero-order chi connectivity index (χ0) is 12.4. The van der Waals surface area contributed by atoms with Gasteiger partial charge in [-0.3, -0.25) is 9.88 Å². The van der Waals surface area contributed by atoms with Crippen molar-refractivity contribution >= 4 is 5.71 Å². The fraction of sp³-hybridized carbons (Fsp3) is 0.571. The molecular formula is C14H19N3O. The van der Waals surface area contributed by atoms with E-state index >= 15 is 0 Å². The third kappa shape index (κ3) is 2.12. The lowest BCUT2D eigenvalue weighted by Gasteiger charge is -2.37. The second-order valence-electron chi connectivity index (χ2n) is 5.20. The minimum atomic E-state index is -0.0765. The van der Waals surface area contributed by atoms with Crippen LogP contribution in [0.3, 0.4) is 0 Å². The van der Waals surface area contributed by atoms with Gasteiger partial charge in [0, 0.05) is 30.9 Å². The Morgan fingerprint density at radius 1 is 1.39 bits per heavy atom. The van der Waals surface area contributed by atoms with Gasteiger partial charge >= 0.3 is 0 Å². The Labute approximate surface area is 108 Å². The predicted octanol–water partition coefficient (Wildman–Crippen LogP) is 2.06. The average molecular weight is 245 g/mol. The molecule has 1 saturated heterocycles. The Kier molecular flexibility index (Phi) is 3.04. The summed E-state index contributed by atoms with van der Waals surface area (Å²) in [5.74, 6) is 0. The maximum atomic E-state index is 5.81. The molecule has 1 aromatic heterocycles. The molecule has 2 aliphatic rings. The molecule has 1 aromatic rings. The van der Waals surface area contributed by atoms with Gasteiger partial charge in [0.15, 0.2) is 5.60 Å². The highest BCUT2D eigenvalue weighted by Gasteiger charge is 2.42. The van der Waals surface area contributed by atoms with Crippen molar-refractivity contribution in [1.29, 1.82) is 0 Å². The summed E-state index contributed by atoms with van der Waals surface area (Å²) in [7, 11) is 0. The normalized spacial score (nSPS) is 28.2. The molecule has 0 N–H and O–H groups in total. The summed E-state index contributed by atoms with van der Waals surface area (Å²) < 4.78 is 0. The molecule has 1 unspecified atom stereocenters. The number of hydrogen-bond donors (Lipinski definition) is 0. The molecule has 0 aliphatic carbocycles. The van der Waals surface area contributed by atoms with Gasteiger partial charge in [-0.2, -0.15) is 0 Å². The quantitative estimate of drug-likeness (QED) is 0.800. The number of pyridine rings is 1. The Morgan fingerprint density at radius 3 is 3.00 bits per heavy atom. The van der Waals surface area contributed by atoms with Crippen LogP contribution >= 0.6 is 0 Å². The van der Waals surface area contributed by atoms with Crippen LogP contribution in [0.25, 0.3) is 0 Å². The highest BCUT2D eigenvalue weighted by atomic mass is 16.7. The molecular weight excluding hydrogens is 226 g/mol. The van der Waals surface area contributed by atoms with Crippen molar-refractivity contribution in [3.05, 3.63) is 30.1 Å². The van der Waals surface area contributed by atoms with Gasteiger partial charge in [0.1, 0.15) is 0 Å². The SMILES string of the molecule is CCN1CCCC2(CC(c3ccncc3)=NO2)C1. The Morgan fingerprint density at radius 2 is 2.22 bits per heavy atom. The molecule has 0 amide bonds. The lowest BCUT2D eigenvalue weighted by Crippen LogP contribution is -2.48. The van der Waals surface area contributed by atoms with Crippen LogP contribution in [0.15, 0.2) is 29.7 Å². The lowest BCUT2D eigenvalue weighted by atomic mass is 9.87. The number of piperidine rings is 1. The maximum Gasteiger partial charge on any atom is 0.156 e. The van der Waals surface area contributed by atoms with Gasteiger partial charge in [0.05, 0.1) is 5.71 Å². The fourth-order valence-electron chi connectivity index (χ4n) is 2.90. The summed E-state index contributed by atoms with van der Waals surface area (Å²) >= 11 is 0. The predicted molar refractivity (Wildman–Crippen MR) is 70.6 cm³/mol. The molecule has 0 aromatic carbocycles. The molecule has 18 heavy (non-hydrogen) atoms. The van der Waals surface area contributed by atoms with E-state index in [1.165, 1.54) is 13.0 Å². The fourth-order valence-corrected chi connectivity index (χ4v) is 2.90. The molecule has 4 nitrogen and oxygen atoms in total. The largest absolute Gasteiger partial charge is 0.387 e. The first-order chi connectivity index (χ1) is 8.81. The number of hydrogen-bond acceptors (Lipinski definition) is 4. The van der Waals surface area contributed by atoms with E-state index in [4.69, 9.17) is 4.84 Å². The van der Waals surface area contributed by atoms with E-state index in [0.29, 0.717) is 0 Å².